The average molecular weight is 485 g/mol. The Morgan fingerprint density at radius 1 is 0.886 bits per heavy atom. The Labute approximate surface area is 204 Å². The van der Waals surface area contributed by atoms with Gasteiger partial charge < -0.3 is 14.9 Å². The van der Waals surface area contributed by atoms with Gasteiger partial charge in [0.25, 0.3) is 0 Å². The van der Waals surface area contributed by atoms with E-state index >= 15 is 0 Å². The molecule has 0 aromatic heterocycles. The summed E-state index contributed by atoms with van der Waals surface area (Å²) >= 11 is 0. The quantitative estimate of drug-likeness (QED) is 0.348. The fourth-order valence-corrected chi connectivity index (χ4v) is 4.97. The molecule has 1 saturated carbocycles. The molecule has 0 heterocycles. The lowest BCUT2D eigenvalue weighted by Crippen LogP contribution is -2.25. The third-order valence-electron chi connectivity index (χ3n) is 7.06. The highest BCUT2D eigenvalue weighted by molar-refractivity contribution is 5.65. The van der Waals surface area contributed by atoms with Gasteiger partial charge >= 0.3 is 0 Å². The number of hydrogen-bond donors (Lipinski definition) is 2. The molecule has 0 spiro atoms. The minimum atomic E-state index is -0.883. The van der Waals surface area contributed by atoms with Crippen LogP contribution in [0.15, 0.2) is 54.6 Å². The van der Waals surface area contributed by atoms with E-state index in [1.165, 1.54) is 12.1 Å². The average Bonchev–Trinajstić information content (AvgIpc) is 2.87. The molecule has 0 aliphatic heterocycles. The molecule has 6 heteroatoms. The first-order chi connectivity index (χ1) is 16.9. The molecule has 2 N–H and O–H groups in total. The van der Waals surface area contributed by atoms with Crippen LogP contribution in [0.5, 0.6) is 11.5 Å². The van der Waals surface area contributed by atoms with Crippen molar-refractivity contribution < 1.29 is 28.1 Å². The van der Waals surface area contributed by atoms with E-state index in [0.717, 1.165) is 44.1 Å². The van der Waals surface area contributed by atoms with Gasteiger partial charge in [0.05, 0.1) is 6.10 Å². The predicted molar refractivity (Wildman–Crippen MR) is 130 cm³/mol. The Morgan fingerprint density at radius 3 is 2.23 bits per heavy atom. The lowest BCUT2D eigenvalue weighted by Gasteiger charge is -2.32. The van der Waals surface area contributed by atoms with E-state index in [0.29, 0.717) is 16.9 Å². The van der Waals surface area contributed by atoms with E-state index in [1.807, 2.05) is 6.92 Å². The first-order valence-electron chi connectivity index (χ1n) is 12.2. The van der Waals surface area contributed by atoms with Crippen molar-refractivity contribution in [1.29, 1.82) is 0 Å². The third kappa shape index (κ3) is 5.81. The standard InChI is InChI=1S/C29H31F3O3/c1-2-3-26(33)20-6-4-19(5-7-20)24-14-10-22(28(31)29(24)32)17-35-23-12-8-18(9-13-23)21-11-15-27(34)25(30)16-21/h8-16,19-20,26,33-34H,2-7,17H2,1H3. The summed E-state index contributed by atoms with van der Waals surface area (Å²) in [4.78, 5) is 0. The van der Waals surface area contributed by atoms with Crippen LogP contribution in [-0.2, 0) is 6.61 Å². The number of phenols is 1. The number of benzene rings is 3. The Hall–Kier alpha value is -2.99. The molecule has 0 bridgehead atoms. The van der Waals surface area contributed by atoms with E-state index in [9.17, 15) is 23.4 Å². The topological polar surface area (TPSA) is 49.7 Å². The maximum Gasteiger partial charge on any atom is 0.165 e. The van der Waals surface area contributed by atoms with Crippen molar-refractivity contribution in [2.24, 2.45) is 5.92 Å². The van der Waals surface area contributed by atoms with Crippen molar-refractivity contribution in [2.75, 3.05) is 0 Å². The minimum Gasteiger partial charge on any atom is -0.505 e. The van der Waals surface area contributed by atoms with Crippen LogP contribution in [0.1, 0.15) is 62.5 Å². The van der Waals surface area contributed by atoms with Crippen molar-refractivity contribution >= 4 is 0 Å². The van der Waals surface area contributed by atoms with E-state index in [1.54, 1.807) is 42.5 Å². The molecule has 4 rings (SSSR count). The summed E-state index contributed by atoms with van der Waals surface area (Å²) < 4.78 is 49.0. The van der Waals surface area contributed by atoms with Crippen molar-refractivity contribution in [3.05, 3.63) is 83.2 Å². The van der Waals surface area contributed by atoms with Crippen LogP contribution in [0.25, 0.3) is 11.1 Å². The van der Waals surface area contributed by atoms with Crippen LogP contribution in [0.4, 0.5) is 13.2 Å². The molecule has 0 amide bonds. The van der Waals surface area contributed by atoms with Crippen LogP contribution in [0.3, 0.4) is 0 Å². The lowest BCUT2D eigenvalue weighted by molar-refractivity contribution is 0.0727. The molecule has 1 atom stereocenters. The molecular weight excluding hydrogens is 453 g/mol. The number of aromatic hydroxyl groups is 1. The van der Waals surface area contributed by atoms with E-state index in [-0.39, 0.29) is 30.1 Å². The fraction of sp³-hybridized carbons (Fsp3) is 0.379. The summed E-state index contributed by atoms with van der Waals surface area (Å²) in [5, 5.41) is 19.6. The maximum atomic E-state index is 14.9. The van der Waals surface area contributed by atoms with Gasteiger partial charge in [-0.15, -0.1) is 0 Å². The van der Waals surface area contributed by atoms with Crippen LogP contribution in [0.2, 0.25) is 0 Å². The van der Waals surface area contributed by atoms with Gasteiger partial charge in [-0.05, 0) is 84.9 Å². The molecule has 0 saturated heterocycles. The fourth-order valence-electron chi connectivity index (χ4n) is 4.97. The van der Waals surface area contributed by atoms with Crippen LogP contribution >= 0.6 is 0 Å². The molecule has 3 aromatic carbocycles. The highest BCUT2D eigenvalue weighted by atomic mass is 19.2. The first kappa shape index (κ1) is 25.1. The highest BCUT2D eigenvalue weighted by Crippen LogP contribution is 2.39. The number of rotatable bonds is 8. The van der Waals surface area contributed by atoms with Gasteiger partial charge in [0.2, 0.25) is 0 Å². The number of aliphatic hydroxyl groups is 1. The monoisotopic (exact) mass is 484 g/mol. The summed E-state index contributed by atoms with van der Waals surface area (Å²) in [5.74, 6) is -2.13. The molecule has 1 unspecified atom stereocenters. The van der Waals surface area contributed by atoms with Crippen molar-refractivity contribution in [1.82, 2.24) is 0 Å². The normalized spacial score (nSPS) is 18.9. The second kappa shape index (κ2) is 11.2. The van der Waals surface area contributed by atoms with Crippen LogP contribution in [0, 0.1) is 23.4 Å². The van der Waals surface area contributed by atoms with Crippen LogP contribution in [-0.4, -0.2) is 16.3 Å². The van der Waals surface area contributed by atoms with Gasteiger partial charge in [-0.3, -0.25) is 0 Å². The van der Waals surface area contributed by atoms with Gasteiger partial charge in [0, 0.05) is 5.56 Å². The molecular formula is C29H31F3O3. The lowest BCUT2D eigenvalue weighted by atomic mass is 9.76. The predicted octanol–water partition coefficient (Wildman–Crippen LogP) is 7.49. The van der Waals surface area contributed by atoms with Crippen molar-refractivity contribution in [3.63, 3.8) is 0 Å². The second-order valence-corrected chi connectivity index (χ2v) is 9.39. The van der Waals surface area contributed by atoms with Gasteiger partial charge in [0.1, 0.15) is 12.4 Å². The highest BCUT2D eigenvalue weighted by Gasteiger charge is 2.29. The second-order valence-electron chi connectivity index (χ2n) is 9.39. The summed E-state index contributed by atoms with van der Waals surface area (Å²) in [7, 11) is 0. The number of halogens is 3. The SMILES string of the molecule is CCCC(O)C1CCC(c2ccc(COc3ccc(-c4ccc(O)c(F)c4)cc3)c(F)c2F)CC1. The maximum absolute atomic E-state index is 14.9. The molecule has 0 radical (unpaired) electrons. The molecule has 3 nitrogen and oxygen atoms in total. The molecule has 1 fully saturated rings. The molecule has 1 aliphatic carbocycles. The van der Waals surface area contributed by atoms with E-state index in [4.69, 9.17) is 4.74 Å². The zero-order valence-corrected chi connectivity index (χ0v) is 19.8. The Morgan fingerprint density at radius 2 is 1.57 bits per heavy atom. The van der Waals surface area contributed by atoms with Crippen LogP contribution < -0.4 is 4.74 Å². The largest absolute Gasteiger partial charge is 0.505 e. The molecule has 3 aromatic rings. The zero-order valence-electron chi connectivity index (χ0n) is 19.8. The third-order valence-corrected chi connectivity index (χ3v) is 7.06. The first-order valence-corrected chi connectivity index (χ1v) is 12.2. The number of hydrogen-bond acceptors (Lipinski definition) is 3. The minimum absolute atomic E-state index is 0.0400. The molecule has 186 valence electrons. The van der Waals surface area contributed by atoms with Gasteiger partial charge in [0.15, 0.2) is 23.2 Å². The molecule has 1 aliphatic rings. The number of ether oxygens (including phenoxy) is 1. The van der Waals surface area contributed by atoms with Gasteiger partial charge in [-0.2, -0.15) is 0 Å². The Balaban J connectivity index is 1.37. The zero-order chi connectivity index (χ0) is 24.9. The Bertz CT molecular complexity index is 1140. The van der Waals surface area contributed by atoms with Crippen molar-refractivity contribution in [3.8, 4) is 22.6 Å². The summed E-state index contributed by atoms with van der Waals surface area (Å²) in [6.45, 7) is 1.93. The van der Waals surface area contributed by atoms with Gasteiger partial charge in [-0.1, -0.05) is 43.7 Å². The summed E-state index contributed by atoms with van der Waals surface area (Å²) in [6.07, 6.45) is 4.55. The van der Waals surface area contributed by atoms with E-state index in [2.05, 4.69) is 0 Å². The number of phenolic OH excluding ortho intramolecular Hbond substituents is 1. The summed E-state index contributed by atoms with van der Waals surface area (Å²) in [5.41, 5.74) is 1.88. The number of aliphatic hydroxyl groups excluding tert-OH is 1. The van der Waals surface area contributed by atoms with Gasteiger partial charge in [-0.25, -0.2) is 13.2 Å². The smallest absolute Gasteiger partial charge is 0.165 e. The summed E-state index contributed by atoms with van der Waals surface area (Å²) in [6, 6.07) is 14.2. The molecule has 35 heavy (non-hydrogen) atoms. The Kier molecular flexibility index (Phi) is 8.01. The van der Waals surface area contributed by atoms with Crippen molar-refractivity contribution in [2.45, 2.75) is 64.1 Å². The van der Waals surface area contributed by atoms with E-state index < -0.39 is 23.2 Å².